The van der Waals surface area contributed by atoms with Gasteiger partial charge in [0.05, 0.1) is 35.1 Å². The average molecular weight is 513 g/mol. The van der Waals surface area contributed by atoms with Gasteiger partial charge in [-0.2, -0.15) is 0 Å². The zero-order valence-corrected chi connectivity index (χ0v) is 22.0. The lowest BCUT2D eigenvalue weighted by Crippen LogP contribution is -2.39. The second kappa shape index (κ2) is 10.6. The SMILES string of the molecule is CCOC(=O)C1=C(C)N=c2s/c(=C\c3ccc(OC(C)C)c(OCC)c3)c(=O)n2[C@H]1c1cccs1. The van der Waals surface area contributed by atoms with Gasteiger partial charge in [-0.15, -0.1) is 11.3 Å². The lowest BCUT2D eigenvalue weighted by molar-refractivity contribution is -0.139. The Morgan fingerprint density at radius 3 is 2.66 bits per heavy atom. The average Bonchev–Trinajstić information content (AvgIpc) is 3.43. The Hall–Kier alpha value is -3.17. The van der Waals surface area contributed by atoms with Crippen molar-refractivity contribution in [1.29, 1.82) is 0 Å². The van der Waals surface area contributed by atoms with E-state index in [-0.39, 0.29) is 18.3 Å². The molecule has 0 spiro atoms. The highest BCUT2D eigenvalue weighted by atomic mass is 32.1. The van der Waals surface area contributed by atoms with Gasteiger partial charge in [0.2, 0.25) is 0 Å². The van der Waals surface area contributed by atoms with E-state index in [1.54, 1.807) is 18.4 Å². The molecular formula is C26H28N2O5S2. The van der Waals surface area contributed by atoms with Crippen molar-refractivity contribution in [3.8, 4) is 11.5 Å². The van der Waals surface area contributed by atoms with Crippen LogP contribution in [0.15, 0.2) is 56.8 Å². The number of thiophene rings is 1. The maximum atomic E-state index is 13.6. The number of rotatable bonds is 8. The molecule has 1 aliphatic heterocycles. The van der Waals surface area contributed by atoms with Crippen molar-refractivity contribution in [2.45, 2.75) is 46.8 Å². The first-order valence-electron chi connectivity index (χ1n) is 11.5. The zero-order chi connectivity index (χ0) is 25.1. The first kappa shape index (κ1) is 24.9. The minimum Gasteiger partial charge on any atom is -0.490 e. The smallest absolute Gasteiger partial charge is 0.338 e. The van der Waals surface area contributed by atoms with E-state index in [2.05, 4.69) is 4.99 Å². The molecule has 184 valence electrons. The molecule has 0 bridgehead atoms. The van der Waals surface area contributed by atoms with Gasteiger partial charge >= 0.3 is 5.97 Å². The van der Waals surface area contributed by atoms with E-state index in [0.717, 1.165) is 10.4 Å². The summed E-state index contributed by atoms with van der Waals surface area (Å²) in [5, 5.41) is 1.93. The summed E-state index contributed by atoms with van der Waals surface area (Å²) >= 11 is 2.79. The summed E-state index contributed by atoms with van der Waals surface area (Å²) in [6.45, 7) is 10.1. The number of benzene rings is 1. The molecule has 0 radical (unpaired) electrons. The maximum absolute atomic E-state index is 13.6. The molecule has 0 amide bonds. The van der Waals surface area contributed by atoms with Gasteiger partial charge in [-0.25, -0.2) is 9.79 Å². The number of fused-ring (bicyclic) bond motifs is 1. The molecule has 0 saturated heterocycles. The van der Waals surface area contributed by atoms with E-state index < -0.39 is 12.0 Å². The monoisotopic (exact) mass is 512 g/mol. The van der Waals surface area contributed by atoms with E-state index >= 15 is 0 Å². The molecule has 2 aromatic heterocycles. The number of thiazole rings is 1. The van der Waals surface area contributed by atoms with Crippen LogP contribution in [0.2, 0.25) is 0 Å². The molecule has 0 unspecified atom stereocenters. The standard InChI is InChI=1S/C26H28N2O5S2/c1-6-31-19-13-17(10-11-18(19)33-15(3)4)14-21-24(29)28-23(20-9-8-12-34-20)22(25(30)32-7-2)16(5)27-26(28)35-21/h8-15,23H,6-7H2,1-5H3/b21-14-/t23-/m0/s1. The summed E-state index contributed by atoms with van der Waals surface area (Å²) < 4.78 is 19.0. The summed E-state index contributed by atoms with van der Waals surface area (Å²) in [5.41, 5.74) is 1.55. The molecular weight excluding hydrogens is 484 g/mol. The number of carbonyl (C=O) groups excluding carboxylic acids is 1. The first-order valence-corrected chi connectivity index (χ1v) is 13.2. The molecule has 3 heterocycles. The predicted octanol–water partition coefficient (Wildman–Crippen LogP) is 4.05. The Labute approximate surface area is 211 Å². The van der Waals surface area contributed by atoms with E-state index in [4.69, 9.17) is 14.2 Å². The van der Waals surface area contributed by atoms with Crippen molar-refractivity contribution in [3.05, 3.63) is 77.1 Å². The van der Waals surface area contributed by atoms with Crippen molar-refractivity contribution in [2.24, 2.45) is 4.99 Å². The number of allylic oxidation sites excluding steroid dienone is 1. The number of aromatic nitrogens is 1. The van der Waals surface area contributed by atoms with Crippen molar-refractivity contribution in [1.82, 2.24) is 4.57 Å². The fraction of sp³-hybridized carbons (Fsp3) is 0.346. The molecule has 35 heavy (non-hydrogen) atoms. The van der Waals surface area contributed by atoms with Crippen molar-refractivity contribution < 1.29 is 19.0 Å². The fourth-order valence-corrected chi connectivity index (χ4v) is 5.76. The van der Waals surface area contributed by atoms with Crippen LogP contribution in [0.3, 0.4) is 0 Å². The van der Waals surface area contributed by atoms with Gasteiger partial charge in [0.1, 0.15) is 6.04 Å². The predicted molar refractivity (Wildman–Crippen MR) is 138 cm³/mol. The van der Waals surface area contributed by atoms with Crippen LogP contribution >= 0.6 is 22.7 Å². The molecule has 1 atom stereocenters. The Morgan fingerprint density at radius 2 is 2.00 bits per heavy atom. The third-order valence-electron chi connectivity index (χ3n) is 5.26. The quantitative estimate of drug-likeness (QED) is 0.426. The Morgan fingerprint density at radius 1 is 1.20 bits per heavy atom. The van der Waals surface area contributed by atoms with Crippen LogP contribution in [0, 0.1) is 0 Å². The normalized spacial score (nSPS) is 15.7. The van der Waals surface area contributed by atoms with Gasteiger partial charge in [-0.3, -0.25) is 9.36 Å². The largest absolute Gasteiger partial charge is 0.490 e. The van der Waals surface area contributed by atoms with E-state index in [9.17, 15) is 9.59 Å². The first-order chi connectivity index (χ1) is 16.8. The molecule has 0 aliphatic carbocycles. The summed E-state index contributed by atoms with van der Waals surface area (Å²) in [5.74, 6) is 0.830. The van der Waals surface area contributed by atoms with Gasteiger partial charge in [-0.05, 0) is 69.8 Å². The van der Waals surface area contributed by atoms with Gasteiger partial charge in [-0.1, -0.05) is 23.5 Å². The van der Waals surface area contributed by atoms with Gasteiger partial charge in [0.25, 0.3) is 5.56 Å². The summed E-state index contributed by atoms with van der Waals surface area (Å²) in [4.78, 5) is 32.5. The third kappa shape index (κ3) is 5.11. The third-order valence-corrected chi connectivity index (χ3v) is 7.17. The van der Waals surface area contributed by atoms with E-state index in [1.165, 1.54) is 22.7 Å². The number of carbonyl (C=O) groups is 1. The highest BCUT2D eigenvalue weighted by Gasteiger charge is 2.33. The highest BCUT2D eigenvalue weighted by molar-refractivity contribution is 7.10. The molecule has 7 nitrogen and oxygen atoms in total. The Balaban J connectivity index is 1.85. The molecule has 1 aliphatic rings. The Bertz CT molecular complexity index is 1430. The molecule has 9 heteroatoms. The molecule has 4 rings (SSSR count). The maximum Gasteiger partial charge on any atom is 0.338 e. The van der Waals surface area contributed by atoms with Crippen LogP contribution in [0.1, 0.15) is 51.1 Å². The van der Waals surface area contributed by atoms with Gasteiger partial charge < -0.3 is 14.2 Å². The number of nitrogens with zero attached hydrogens (tertiary/aromatic N) is 2. The van der Waals surface area contributed by atoms with Crippen LogP contribution in [-0.2, 0) is 9.53 Å². The molecule has 0 fully saturated rings. The number of hydrogen-bond donors (Lipinski definition) is 0. The topological polar surface area (TPSA) is 79.1 Å². The number of ether oxygens (including phenoxy) is 3. The number of hydrogen-bond acceptors (Lipinski definition) is 8. The van der Waals surface area contributed by atoms with Gasteiger partial charge in [0.15, 0.2) is 16.3 Å². The summed E-state index contributed by atoms with van der Waals surface area (Å²) in [6.07, 6.45) is 1.83. The second-order valence-corrected chi connectivity index (χ2v) is 10.1. The summed E-state index contributed by atoms with van der Waals surface area (Å²) in [6, 6.07) is 8.87. The fourth-order valence-electron chi connectivity index (χ4n) is 3.89. The molecule has 0 N–H and O–H groups in total. The van der Waals surface area contributed by atoms with E-state index in [1.807, 2.05) is 62.6 Å². The number of esters is 1. The summed E-state index contributed by atoms with van der Waals surface area (Å²) in [7, 11) is 0. The van der Waals surface area contributed by atoms with Crippen molar-refractivity contribution in [2.75, 3.05) is 13.2 Å². The Kier molecular flexibility index (Phi) is 7.57. The van der Waals surface area contributed by atoms with Crippen molar-refractivity contribution in [3.63, 3.8) is 0 Å². The van der Waals surface area contributed by atoms with Crippen LogP contribution in [0.5, 0.6) is 11.5 Å². The molecule has 1 aromatic carbocycles. The zero-order valence-electron chi connectivity index (χ0n) is 20.4. The van der Waals surface area contributed by atoms with Crippen LogP contribution in [0.25, 0.3) is 6.08 Å². The minimum atomic E-state index is -0.576. The molecule has 0 saturated carbocycles. The lowest BCUT2D eigenvalue weighted by atomic mass is 10.0. The minimum absolute atomic E-state index is 0.0119. The van der Waals surface area contributed by atoms with Crippen LogP contribution in [0.4, 0.5) is 0 Å². The van der Waals surface area contributed by atoms with E-state index in [0.29, 0.717) is 38.7 Å². The highest BCUT2D eigenvalue weighted by Crippen LogP contribution is 2.33. The second-order valence-electron chi connectivity index (χ2n) is 8.12. The molecule has 3 aromatic rings. The van der Waals surface area contributed by atoms with Crippen LogP contribution < -0.4 is 24.4 Å². The van der Waals surface area contributed by atoms with Gasteiger partial charge in [0, 0.05) is 4.88 Å². The van der Waals surface area contributed by atoms with Crippen LogP contribution in [-0.4, -0.2) is 29.9 Å². The lowest BCUT2D eigenvalue weighted by Gasteiger charge is -2.23. The van der Waals surface area contributed by atoms with Crippen molar-refractivity contribution >= 4 is 34.7 Å².